The van der Waals surface area contributed by atoms with E-state index in [2.05, 4.69) is 35.1 Å². The maximum absolute atomic E-state index is 12.1. The summed E-state index contributed by atoms with van der Waals surface area (Å²) in [6, 6.07) is 8.35. The molecule has 1 atom stereocenters. The molecule has 1 N–H and O–H groups in total. The third kappa shape index (κ3) is 4.42. The van der Waals surface area contributed by atoms with Gasteiger partial charge in [0.25, 0.3) is 5.56 Å². The zero-order chi connectivity index (χ0) is 16.1. The molecule has 5 nitrogen and oxygen atoms in total. The molecule has 0 saturated carbocycles. The van der Waals surface area contributed by atoms with Gasteiger partial charge in [-0.05, 0) is 31.7 Å². The number of rotatable bonds is 5. The van der Waals surface area contributed by atoms with Crippen LogP contribution in [0.4, 0.5) is 0 Å². The quantitative estimate of drug-likeness (QED) is 0.921. The molecule has 0 bridgehead atoms. The van der Waals surface area contributed by atoms with E-state index in [1.165, 1.54) is 17.3 Å². The number of ether oxygens (including phenoxy) is 2. The molecule has 1 aliphatic rings. The van der Waals surface area contributed by atoms with Crippen molar-refractivity contribution >= 4 is 0 Å². The minimum Gasteiger partial charge on any atom is -0.458 e. The summed E-state index contributed by atoms with van der Waals surface area (Å²) in [4.78, 5) is 19.2. The van der Waals surface area contributed by atoms with Gasteiger partial charge in [-0.1, -0.05) is 29.8 Å². The van der Waals surface area contributed by atoms with Crippen LogP contribution in [0.5, 0.6) is 5.75 Å². The van der Waals surface area contributed by atoms with E-state index in [4.69, 9.17) is 9.47 Å². The third-order valence-corrected chi connectivity index (χ3v) is 3.95. The maximum Gasteiger partial charge on any atom is 0.293 e. The topological polar surface area (TPSA) is 64.2 Å². The summed E-state index contributed by atoms with van der Waals surface area (Å²) in [7, 11) is 0. The van der Waals surface area contributed by atoms with Crippen molar-refractivity contribution in [2.45, 2.75) is 45.3 Å². The lowest BCUT2D eigenvalue weighted by atomic mass is 10.1. The van der Waals surface area contributed by atoms with E-state index >= 15 is 0 Å². The molecule has 122 valence electrons. The molecule has 0 amide bonds. The van der Waals surface area contributed by atoms with Crippen LogP contribution in [0.25, 0.3) is 0 Å². The van der Waals surface area contributed by atoms with E-state index in [1.54, 1.807) is 0 Å². The van der Waals surface area contributed by atoms with Gasteiger partial charge >= 0.3 is 0 Å². The Morgan fingerprint density at radius 2 is 2.26 bits per heavy atom. The molecule has 3 rings (SSSR count). The Kier molecular flexibility index (Phi) is 5.08. The first-order chi connectivity index (χ1) is 11.2. The molecular weight excluding hydrogens is 292 g/mol. The molecule has 1 aliphatic heterocycles. The van der Waals surface area contributed by atoms with Gasteiger partial charge in [0, 0.05) is 12.8 Å². The average Bonchev–Trinajstić information content (AvgIpc) is 2.56. The highest BCUT2D eigenvalue weighted by molar-refractivity contribution is 5.23. The molecule has 0 radical (unpaired) electrons. The first-order valence-electron chi connectivity index (χ1n) is 8.13. The van der Waals surface area contributed by atoms with Gasteiger partial charge in [0.05, 0.1) is 12.8 Å². The van der Waals surface area contributed by atoms with E-state index in [9.17, 15) is 4.79 Å². The summed E-state index contributed by atoms with van der Waals surface area (Å²) in [5.41, 5.74) is 2.23. The number of nitrogens with zero attached hydrogens (tertiary/aromatic N) is 1. The number of hydrogen-bond acceptors (Lipinski definition) is 4. The summed E-state index contributed by atoms with van der Waals surface area (Å²) in [6.07, 6.45) is 5.63. The summed E-state index contributed by atoms with van der Waals surface area (Å²) < 4.78 is 11.1. The van der Waals surface area contributed by atoms with Gasteiger partial charge in [-0.3, -0.25) is 4.79 Å². The number of aryl methyl sites for hydroxylation is 3. The Morgan fingerprint density at radius 3 is 3.00 bits per heavy atom. The van der Waals surface area contributed by atoms with Crippen LogP contribution in [0.1, 0.15) is 36.2 Å². The van der Waals surface area contributed by atoms with Gasteiger partial charge in [-0.2, -0.15) is 0 Å². The number of nitrogens with one attached hydrogen (secondary N) is 1. The first-order valence-corrected chi connectivity index (χ1v) is 8.13. The van der Waals surface area contributed by atoms with Crippen molar-refractivity contribution in [3.63, 3.8) is 0 Å². The molecule has 1 aromatic heterocycles. The van der Waals surface area contributed by atoms with Crippen molar-refractivity contribution in [2.24, 2.45) is 0 Å². The van der Waals surface area contributed by atoms with Crippen molar-refractivity contribution in [3.05, 3.63) is 57.8 Å². The van der Waals surface area contributed by atoms with Crippen molar-refractivity contribution in [1.29, 1.82) is 0 Å². The highest BCUT2D eigenvalue weighted by Gasteiger charge is 2.17. The van der Waals surface area contributed by atoms with Gasteiger partial charge in [0.2, 0.25) is 5.75 Å². The highest BCUT2D eigenvalue weighted by Crippen LogP contribution is 2.15. The van der Waals surface area contributed by atoms with E-state index in [-0.39, 0.29) is 17.6 Å². The number of hydrogen-bond donors (Lipinski definition) is 1. The summed E-state index contributed by atoms with van der Waals surface area (Å²) in [6.45, 7) is 2.76. The van der Waals surface area contributed by atoms with Crippen LogP contribution in [0.3, 0.4) is 0 Å². The lowest BCUT2D eigenvalue weighted by molar-refractivity contribution is -0.106. The molecule has 2 heterocycles. The van der Waals surface area contributed by atoms with Crippen molar-refractivity contribution in [1.82, 2.24) is 9.97 Å². The summed E-state index contributed by atoms with van der Waals surface area (Å²) >= 11 is 0. The number of H-pyrrole nitrogens is 1. The second-order valence-corrected chi connectivity index (χ2v) is 5.93. The molecule has 0 aliphatic carbocycles. The van der Waals surface area contributed by atoms with E-state index in [0.29, 0.717) is 18.9 Å². The predicted molar refractivity (Wildman–Crippen MR) is 87.7 cm³/mol. The predicted octanol–water partition coefficient (Wildman–Crippen LogP) is 2.77. The Hall–Kier alpha value is -2.14. The van der Waals surface area contributed by atoms with E-state index in [1.807, 2.05) is 6.07 Å². The third-order valence-electron chi connectivity index (χ3n) is 3.95. The fourth-order valence-electron chi connectivity index (χ4n) is 2.71. The van der Waals surface area contributed by atoms with Crippen LogP contribution in [0.15, 0.2) is 35.3 Å². The van der Waals surface area contributed by atoms with Crippen LogP contribution >= 0.6 is 0 Å². The van der Waals surface area contributed by atoms with Gasteiger partial charge < -0.3 is 14.5 Å². The Morgan fingerprint density at radius 1 is 1.35 bits per heavy atom. The van der Waals surface area contributed by atoms with E-state index in [0.717, 1.165) is 25.7 Å². The maximum atomic E-state index is 12.1. The lowest BCUT2D eigenvalue weighted by Gasteiger charge is -2.22. The summed E-state index contributed by atoms with van der Waals surface area (Å²) in [5.74, 6) is 0.907. The Bertz CT molecular complexity index is 705. The average molecular weight is 314 g/mol. The zero-order valence-corrected chi connectivity index (χ0v) is 13.4. The first kappa shape index (κ1) is 15.7. The fourth-order valence-corrected chi connectivity index (χ4v) is 2.71. The van der Waals surface area contributed by atoms with Gasteiger partial charge in [-0.25, -0.2) is 4.98 Å². The zero-order valence-electron chi connectivity index (χ0n) is 13.4. The minimum atomic E-state index is -0.329. The molecule has 1 fully saturated rings. The van der Waals surface area contributed by atoms with Crippen LogP contribution in [0, 0.1) is 6.92 Å². The Labute approximate surface area is 135 Å². The number of aromatic amines is 1. The van der Waals surface area contributed by atoms with Crippen LogP contribution in [-0.2, 0) is 17.6 Å². The molecule has 1 unspecified atom stereocenters. The second kappa shape index (κ2) is 7.42. The summed E-state index contributed by atoms with van der Waals surface area (Å²) in [5, 5.41) is 0. The molecule has 2 aromatic rings. The monoisotopic (exact) mass is 314 g/mol. The SMILES string of the molecule is Cc1cccc(CCc2ncc(OC3CCCCO3)c(=O)[nH]2)c1. The van der Waals surface area contributed by atoms with Crippen LogP contribution in [0.2, 0.25) is 0 Å². The lowest BCUT2D eigenvalue weighted by Crippen LogP contribution is -2.28. The molecule has 1 aromatic carbocycles. The van der Waals surface area contributed by atoms with Crippen molar-refractivity contribution < 1.29 is 9.47 Å². The minimum absolute atomic E-state index is 0.233. The number of aromatic nitrogens is 2. The smallest absolute Gasteiger partial charge is 0.293 e. The molecule has 23 heavy (non-hydrogen) atoms. The number of benzene rings is 1. The van der Waals surface area contributed by atoms with E-state index < -0.39 is 0 Å². The van der Waals surface area contributed by atoms with Crippen molar-refractivity contribution in [3.8, 4) is 5.75 Å². The molecule has 0 spiro atoms. The van der Waals surface area contributed by atoms with Crippen LogP contribution in [-0.4, -0.2) is 22.9 Å². The highest BCUT2D eigenvalue weighted by atomic mass is 16.7. The molecular formula is C18H22N2O3. The standard InChI is InChI=1S/C18H22N2O3/c1-13-5-4-6-14(11-13)8-9-16-19-12-15(18(21)20-16)23-17-7-2-3-10-22-17/h4-6,11-12,17H,2-3,7-10H2,1H3,(H,19,20,21). The van der Waals surface area contributed by atoms with Crippen molar-refractivity contribution in [2.75, 3.05) is 6.61 Å². The largest absolute Gasteiger partial charge is 0.458 e. The second-order valence-electron chi connectivity index (χ2n) is 5.93. The van der Waals surface area contributed by atoms with Crippen LogP contribution < -0.4 is 10.3 Å². The van der Waals surface area contributed by atoms with Gasteiger partial charge in [0.15, 0.2) is 6.29 Å². The molecule has 5 heteroatoms. The molecule has 1 saturated heterocycles. The van der Waals surface area contributed by atoms with Gasteiger partial charge in [-0.15, -0.1) is 0 Å². The fraction of sp³-hybridized carbons (Fsp3) is 0.444. The van der Waals surface area contributed by atoms with Gasteiger partial charge in [0.1, 0.15) is 5.82 Å². The Balaban J connectivity index is 1.61. The normalized spacial score (nSPS) is 17.9.